The maximum Gasteiger partial charge on any atom is 0.257 e. The first kappa shape index (κ1) is 26.1. The molecule has 9 nitrogen and oxygen atoms in total. The molecule has 0 aromatic heterocycles. The predicted molar refractivity (Wildman–Crippen MR) is 138 cm³/mol. The molecule has 3 amide bonds. The van der Waals surface area contributed by atoms with Crippen molar-refractivity contribution in [2.24, 2.45) is 5.14 Å². The SMILES string of the molecule is COc1ccc(N2C(=O)CC(N(CCc3ccc(S(N)(=O)=O)cc3)C(=O)c3ccc(C)cc3)C2=O)cc1. The number of anilines is 1. The van der Waals surface area contributed by atoms with Crippen molar-refractivity contribution < 1.29 is 27.5 Å². The average Bonchev–Trinajstić information content (AvgIpc) is 3.17. The predicted octanol–water partition coefficient (Wildman–Crippen LogP) is 2.67. The molecule has 10 heteroatoms. The van der Waals surface area contributed by atoms with E-state index in [2.05, 4.69) is 0 Å². The number of rotatable bonds is 8. The Hall–Kier alpha value is -4.02. The zero-order chi connectivity index (χ0) is 26.7. The van der Waals surface area contributed by atoms with Crippen molar-refractivity contribution in [1.82, 2.24) is 4.90 Å². The largest absolute Gasteiger partial charge is 0.497 e. The van der Waals surface area contributed by atoms with Crippen molar-refractivity contribution in [1.29, 1.82) is 0 Å². The number of hydrogen-bond donors (Lipinski definition) is 1. The minimum atomic E-state index is -3.83. The van der Waals surface area contributed by atoms with Gasteiger partial charge in [-0.1, -0.05) is 29.8 Å². The van der Waals surface area contributed by atoms with Crippen LogP contribution in [0, 0.1) is 6.92 Å². The summed E-state index contributed by atoms with van der Waals surface area (Å²) in [4.78, 5) is 42.5. The van der Waals surface area contributed by atoms with Crippen molar-refractivity contribution in [3.05, 3.63) is 89.5 Å². The normalized spacial score (nSPS) is 15.6. The number of nitrogens with zero attached hydrogens (tertiary/aromatic N) is 2. The fraction of sp³-hybridized carbons (Fsp3) is 0.222. The number of carbonyl (C=O) groups excluding carboxylic acids is 3. The molecule has 0 aliphatic carbocycles. The summed E-state index contributed by atoms with van der Waals surface area (Å²) in [6.45, 7) is 2.05. The fourth-order valence-corrected chi connectivity index (χ4v) is 4.73. The number of methoxy groups -OCH3 is 1. The van der Waals surface area contributed by atoms with Gasteiger partial charge in [-0.3, -0.25) is 14.4 Å². The van der Waals surface area contributed by atoms with E-state index >= 15 is 0 Å². The quantitative estimate of drug-likeness (QED) is 0.454. The van der Waals surface area contributed by atoms with Gasteiger partial charge in [0.25, 0.3) is 11.8 Å². The van der Waals surface area contributed by atoms with Gasteiger partial charge in [-0.15, -0.1) is 0 Å². The van der Waals surface area contributed by atoms with E-state index in [0.29, 0.717) is 23.4 Å². The lowest BCUT2D eigenvalue weighted by Crippen LogP contribution is -2.46. The number of ether oxygens (including phenoxy) is 1. The summed E-state index contributed by atoms with van der Waals surface area (Å²) in [6.07, 6.45) is 0.190. The van der Waals surface area contributed by atoms with Crippen LogP contribution in [0.1, 0.15) is 27.9 Å². The first-order valence-corrected chi connectivity index (χ1v) is 13.1. The second-order valence-corrected chi connectivity index (χ2v) is 10.4. The van der Waals surface area contributed by atoms with Crippen LogP contribution in [0.25, 0.3) is 0 Å². The molecule has 1 fully saturated rings. The Morgan fingerprint density at radius 2 is 1.62 bits per heavy atom. The van der Waals surface area contributed by atoms with Gasteiger partial charge in [0.05, 0.1) is 24.1 Å². The molecular formula is C27H27N3O6S. The number of sulfonamides is 1. The van der Waals surface area contributed by atoms with Crippen LogP contribution in [-0.2, 0) is 26.0 Å². The van der Waals surface area contributed by atoms with Crippen molar-refractivity contribution in [3.8, 4) is 5.75 Å². The third-order valence-electron chi connectivity index (χ3n) is 6.28. The van der Waals surface area contributed by atoms with Gasteiger partial charge < -0.3 is 9.64 Å². The minimum absolute atomic E-state index is 0.0180. The van der Waals surface area contributed by atoms with Gasteiger partial charge in [0.2, 0.25) is 15.9 Å². The van der Waals surface area contributed by atoms with E-state index in [0.717, 1.165) is 16.0 Å². The summed E-state index contributed by atoms with van der Waals surface area (Å²) in [7, 11) is -2.31. The van der Waals surface area contributed by atoms with Crippen LogP contribution in [0.4, 0.5) is 5.69 Å². The van der Waals surface area contributed by atoms with Gasteiger partial charge in [0, 0.05) is 12.1 Å². The summed E-state index contributed by atoms with van der Waals surface area (Å²) in [5, 5.41) is 5.17. The zero-order valence-electron chi connectivity index (χ0n) is 20.5. The first-order valence-electron chi connectivity index (χ1n) is 11.6. The Morgan fingerprint density at radius 1 is 1.00 bits per heavy atom. The third-order valence-corrected chi connectivity index (χ3v) is 7.21. The van der Waals surface area contributed by atoms with Gasteiger partial charge in [0.1, 0.15) is 11.8 Å². The lowest BCUT2D eigenvalue weighted by molar-refractivity contribution is -0.122. The molecule has 0 spiro atoms. The molecule has 37 heavy (non-hydrogen) atoms. The number of carbonyl (C=O) groups is 3. The van der Waals surface area contributed by atoms with Crippen molar-refractivity contribution >= 4 is 33.4 Å². The summed E-state index contributed by atoms with van der Waals surface area (Å²) in [5.74, 6) is -0.674. The lowest BCUT2D eigenvalue weighted by Gasteiger charge is -2.28. The van der Waals surface area contributed by atoms with Crippen molar-refractivity contribution in [2.45, 2.75) is 30.7 Å². The van der Waals surface area contributed by atoms with Gasteiger partial charge in [-0.25, -0.2) is 18.5 Å². The second kappa shape index (κ2) is 10.5. The van der Waals surface area contributed by atoms with Crippen LogP contribution in [-0.4, -0.2) is 50.7 Å². The molecule has 192 valence electrons. The first-order chi connectivity index (χ1) is 17.6. The van der Waals surface area contributed by atoms with E-state index in [1.807, 2.05) is 19.1 Å². The molecule has 1 aliphatic heterocycles. The summed E-state index contributed by atoms with van der Waals surface area (Å²) in [5.41, 5.74) is 2.53. The van der Waals surface area contributed by atoms with Crippen molar-refractivity contribution in [3.63, 3.8) is 0 Å². The van der Waals surface area contributed by atoms with E-state index < -0.39 is 27.9 Å². The molecule has 4 rings (SSSR count). The summed E-state index contributed by atoms with van der Waals surface area (Å²) < 4.78 is 28.2. The van der Waals surface area contributed by atoms with Gasteiger partial charge in [-0.2, -0.15) is 0 Å². The maximum atomic E-state index is 13.6. The molecule has 1 saturated heterocycles. The zero-order valence-corrected chi connectivity index (χ0v) is 21.3. The van der Waals surface area contributed by atoms with Crippen molar-refractivity contribution in [2.75, 3.05) is 18.6 Å². The van der Waals surface area contributed by atoms with E-state index in [9.17, 15) is 22.8 Å². The Balaban J connectivity index is 1.61. The molecular weight excluding hydrogens is 494 g/mol. The van der Waals surface area contributed by atoms with Crippen LogP contribution < -0.4 is 14.8 Å². The molecule has 0 bridgehead atoms. The molecule has 3 aromatic carbocycles. The number of aryl methyl sites for hydroxylation is 1. The molecule has 3 aromatic rings. The van der Waals surface area contributed by atoms with E-state index in [-0.39, 0.29) is 23.8 Å². The highest BCUT2D eigenvalue weighted by Crippen LogP contribution is 2.28. The number of imide groups is 1. The standard InChI is InChI=1S/C27H27N3O6S/c1-18-3-7-20(8-4-18)26(32)29(16-15-19-5-13-23(14-6-19)37(28,34)35)24-17-25(31)30(27(24)33)21-9-11-22(36-2)12-10-21/h3-14,24H,15-17H2,1-2H3,(H2,28,34,35). The monoisotopic (exact) mass is 521 g/mol. The van der Waals surface area contributed by atoms with Crippen LogP contribution in [0.2, 0.25) is 0 Å². The number of amides is 3. The van der Waals surface area contributed by atoms with Crippen LogP contribution in [0.5, 0.6) is 5.75 Å². The molecule has 1 heterocycles. The number of primary sulfonamides is 1. The van der Waals surface area contributed by atoms with E-state index in [1.165, 1.54) is 24.1 Å². The third kappa shape index (κ3) is 5.71. The van der Waals surface area contributed by atoms with E-state index in [1.54, 1.807) is 48.5 Å². The molecule has 1 atom stereocenters. The number of benzene rings is 3. The Labute approximate surface area is 215 Å². The molecule has 1 aliphatic rings. The number of hydrogen-bond acceptors (Lipinski definition) is 6. The maximum absolute atomic E-state index is 13.6. The Bertz CT molecular complexity index is 1420. The average molecular weight is 522 g/mol. The highest BCUT2D eigenvalue weighted by Gasteiger charge is 2.44. The van der Waals surface area contributed by atoms with Gasteiger partial charge in [0.15, 0.2) is 0 Å². The van der Waals surface area contributed by atoms with E-state index in [4.69, 9.17) is 9.88 Å². The van der Waals surface area contributed by atoms with Crippen LogP contribution in [0.15, 0.2) is 77.7 Å². The molecule has 2 N–H and O–H groups in total. The summed E-state index contributed by atoms with van der Waals surface area (Å²) >= 11 is 0. The molecule has 1 unspecified atom stereocenters. The topological polar surface area (TPSA) is 127 Å². The van der Waals surface area contributed by atoms with Gasteiger partial charge >= 0.3 is 0 Å². The molecule has 0 saturated carbocycles. The fourth-order valence-electron chi connectivity index (χ4n) is 4.22. The highest BCUT2D eigenvalue weighted by atomic mass is 32.2. The molecule has 0 radical (unpaired) electrons. The number of nitrogens with two attached hydrogens (primary N) is 1. The minimum Gasteiger partial charge on any atom is -0.497 e. The highest BCUT2D eigenvalue weighted by molar-refractivity contribution is 7.89. The van der Waals surface area contributed by atoms with Crippen LogP contribution in [0.3, 0.4) is 0 Å². The summed E-state index contributed by atoms with van der Waals surface area (Å²) in [6, 6.07) is 18.6. The van der Waals surface area contributed by atoms with Crippen LogP contribution >= 0.6 is 0 Å². The lowest BCUT2D eigenvalue weighted by atomic mass is 10.1. The smallest absolute Gasteiger partial charge is 0.257 e. The Kier molecular flexibility index (Phi) is 7.42. The second-order valence-electron chi connectivity index (χ2n) is 8.79. The Morgan fingerprint density at radius 3 is 2.19 bits per heavy atom. The van der Waals surface area contributed by atoms with Gasteiger partial charge in [-0.05, 0) is 67.4 Å².